The fourth-order valence-electron chi connectivity index (χ4n) is 3.40. The van der Waals surface area contributed by atoms with Gasteiger partial charge in [0.15, 0.2) is 5.96 Å². The Morgan fingerprint density at radius 1 is 1.23 bits per heavy atom. The lowest BCUT2D eigenvalue weighted by molar-refractivity contribution is 0.359. The zero-order chi connectivity index (χ0) is 20.3. The normalized spacial score (nSPS) is 14.6. The molecule has 0 aliphatic carbocycles. The van der Waals surface area contributed by atoms with Gasteiger partial charge in [-0.25, -0.2) is 9.98 Å². The Labute approximate surface area is 196 Å². The van der Waals surface area contributed by atoms with Gasteiger partial charge < -0.3 is 20.3 Å². The predicted molar refractivity (Wildman–Crippen MR) is 135 cm³/mol. The molecule has 6 nitrogen and oxygen atoms in total. The van der Waals surface area contributed by atoms with Crippen LogP contribution < -0.4 is 20.3 Å². The number of halogens is 1. The molecular weight excluding hydrogens is 489 g/mol. The topological polar surface area (TPSA) is 61.8 Å². The number of benzene rings is 1. The van der Waals surface area contributed by atoms with Crippen LogP contribution in [0.3, 0.4) is 0 Å². The van der Waals surface area contributed by atoms with Crippen molar-refractivity contribution in [2.24, 2.45) is 4.99 Å². The van der Waals surface area contributed by atoms with Crippen molar-refractivity contribution in [3.8, 4) is 5.75 Å². The van der Waals surface area contributed by atoms with Crippen LogP contribution in [0.15, 0.2) is 66.3 Å². The van der Waals surface area contributed by atoms with E-state index in [1.165, 1.54) is 0 Å². The number of ether oxygens (including phenoxy) is 1. The van der Waals surface area contributed by atoms with Crippen LogP contribution in [0.25, 0.3) is 0 Å². The zero-order valence-corrected chi connectivity index (χ0v) is 19.9. The van der Waals surface area contributed by atoms with E-state index >= 15 is 0 Å². The van der Waals surface area contributed by atoms with Gasteiger partial charge in [0.05, 0.1) is 6.54 Å². The molecule has 1 aromatic carbocycles. The lowest BCUT2D eigenvalue weighted by Crippen LogP contribution is -2.48. The monoisotopic (exact) mass is 521 g/mol. The number of pyridine rings is 1. The van der Waals surface area contributed by atoms with E-state index < -0.39 is 0 Å². The molecule has 2 N–H and O–H groups in total. The van der Waals surface area contributed by atoms with Gasteiger partial charge in [0, 0.05) is 37.4 Å². The molecular formula is C23H32IN5O. The summed E-state index contributed by atoms with van der Waals surface area (Å²) < 4.78 is 5.74. The summed E-state index contributed by atoms with van der Waals surface area (Å²) in [6.07, 6.45) is 5.72. The van der Waals surface area contributed by atoms with E-state index in [4.69, 9.17) is 9.73 Å². The van der Waals surface area contributed by atoms with Crippen LogP contribution in [0.2, 0.25) is 0 Å². The second-order valence-corrected chi connectivity index (χ2v) is 7.00. The number of anilines is 1. The van der Waals surface area contributed by atoms with Gasteiger partial charge in [0.25, 0.3) is 0 Å². The highest BCUT2D eigenvalue weighted by Crippen LogP contribution is 2.19. The highest BCUT2D eigenvalue weighted by molar-refractivity contribution is 14.0. The molecule has 30 heavy (non-hydrogen) atoms. The summed E-state index contributed by atoms with van der Waals surface area (Å²) >= 11 is 0. The van der Waals surface area contributed by atoms with Gasteiger partial charge in [-0.2, -0.15) is 0 Å². The van der Waals surface area contributed by atoms with Crippen molar-refractivity contribution in [1.82, 2.24) is 15.6 Å². The largest absolute Gasteiger partial charge is 0.489 e. The van der Waals surface area contributed by atoms with Crippen molar-refractivity contribution in [3.05, 3.63) is 66.9 Å². The lowest BCUT2D eigenvalue weighted by atomic mass is 10.1. The quantitative estimate of drug-likeness (QED) is 0.238. The smallest absolute Gasteiger partial charge is 0.191 e. The standard InChI is InChI=1S/C23H31N5O.HI/c1-3-17-29-21-10-6-5-9-19(21)18-26-23(24-4-2)27-20-12-15-28(16-13-20)22-11-7-8-14-25-22;/h3,5-11,14,20H,1,4,12-13,15-18H2,2H3,(H2,24,26,27);1H. The van der Waals surface area contributed by atoms with Gasteiger partial charge in [-0.3, -0.25) is 0 Å². The van der Waals surface area contributed by atoms with Crippen LogP contribution in [-0.2, 0) is 6.54 Å². The number of hydrogen-bond donors (Lipinski definition) is 2. The first-order chi connectivity index (χ1) is 14.3. The Hall–Kier alpha value is -2.29. The van der Waals surface area contributed by atoms with E-state index in [0.717, 1.165) is 55.6 Å². The number of piperidine rings is 1. The van der Waals surface area contributed by atoms with Gasteiger partial charge in [0.1, 0.15) is 18.2 Å². The maximum atomic E-state index is 5.74. The minimum Gasteiger partial charge on any atom is -0.489 e. The molecule has 2 aromatic rings. The van der Waals surface area contributed by atoms with Crippen molar-refractivity contribution >= 4 is 35.8 Å². The summed E-state index contributed by atoms with van der Waals surface area (Å²) in [7, 11) is 0. The van der Waals surface area contributed by atoms with Gasteiger partial charge in [0.2, 0.25) is 0 Å². The highest BCUT2D eigenvalue weighted by Gasteiger charge is 2.20. The molecule has 0 radical (unpaired) electrons. The molecule has 0 atom stereocenters. The molecule has 162 valence electrons. The second kappa shape index (κ2) is 13.1. The number of aliphatic imine (C=N–C) groups is 1. The zero-order valence-electron chi connectivity index (χ0n) is 17.6. The molecule has 3 rings (SSSR count). The van der Waals surface area contributed by atoms with Crippen molar-refractivity contribution in [2.75, 3.05) is 31.1 Å². The van der Waals surface area contributed by atoms with Crippen LogP contribution >= 0.6 is 24.0 Å². The molecule has 1 aliphatic heterocycles. The predicted octanol–water partition coefficient (Wildman–Crippen LogP) is 3.99. The average molecular weight is 521 g/mol. The highest BCUT2D eigenvalue weighted by atomic mass is 127. The molecule has 0 saturated carbocycles. The number of aromatic nitrogens is 1. The molecule has 0 spiro atoms. The van der Waals surface area contributed by atoms with Crippen molar-refractivity contribution in [3.63, 3.8) is 0 Å². The van der Waals surface area contributed by atoms with E-state index in [0.29, 0.717) is 19.2 Å². The maximum Gasteiger partial charge on any atom is 0.191 e. The van der Waals surface area contributed by atoms with E-state index in [9.17, 15) is 0 Å². The molecule has 0 amide bonds. The molecule has 0 bridgehead atoms. The first-order valence-corrected chi connectivity index (χ1v) is 10.3. The second-order valence-electron chi connectivity index (χ2n) is 7.00. The minimum absolute atomic E-state index is 0. The summed E-state index contributed by atoms with van der Waals surface area (Å²) in [4.78, 5) is 11.6. The molecule has 1 aromatic heterocycles. The summed E-state index contributed by atoms with van der Waals surface area (Å²) in [6, 6.07) is 14.5. The van der Waals surface area contributed by atoms with Crippen LogP contribution in [0, 0.1) is 0 Å². The number of nitrogens with zero attached hydrogens (tertiary/aromatic N) is 3. The third-order valence-corrected chi connectivity index (χ3v) is 4.89. The van der Waals surface area contributed by atoms with Crippen LogP contribution in [0.5, 0.6) is 5.75 Å². The van der Waals surface area contributed by atoms with Crippen molar-refractivity contribution in [1.29, 1.82) is 0 Å². The number of guanidine groups is 1. The van der Waals surface area contributed by atoms with Crippen LogP contribution in [-0.4, -0.2) is 43.2 Å². The fourth-order valence-corrected chi connectivity index (χ4v) is 3.40. The van der Waals surface area contributed by atoms with Crippen LogP contribution in [0.1, 0.15) is 25.3 Å². The summed E-state index contributed by atoms with van der Waals surface area (Å²) in [5.74, 6) is 2.76. The first-order valence-electron chi connectivity index (χ1n) is 10.3. The maximum absolute atomic E-state index is 5.74. The van der Waals surface area contributed by atoms with Crippen molar-refractivity contribution < 1.29 is 4.74 Å². The Morgan fingerprint density at radius 3 is 2.70 bits per heavy atom. The van der Waals surface area contributed by atoms with Gasteiger partial charge in [-0.15, -0.1) is 24.0 Å². The Kier molecular flexibility index (Phi) is 10.5. The van der Waals surface area contributed by atoms with Crippen molar-refractivity contribution in [2.45, 2.75) is 32.4 Å². The summed E-state index contributed by atoms with van der Waals surface area (Å²) in [5, 5.41) is 6.96. The molecule has 1 saturated heterocycles. The molecule has 7 heteroatoms. The van der Waals surface area contributed by atoms with Crippen LogP contribution in [0.4, 0.5) is 5.82 Å². The number of hydrogen-bond acceptors (Lipinski definition) is 4. The number of nitrogens with one attached hydrogen (secondary N) is 2. The third kappa shape index (κ3) is 7.19. The summed E-state index contributed by atoms with van der Waals surface area (Å²) in [6.45, 7) is 9.67. The Morgan fingerprint density at radius 2 is 2.00 bits per heavy atom. The molecule has 0 unspecified atom stereocenters. The number of rotatable bonds is 8. The average Bonchev–Trinajstić information content (AvgIpc) is 2.78. The Balaban J connectivity index is 0.00000320. The van der Waals surface area contributed by atoms with E-state index in [-0.39, 0.29) is 24.0 Å². The minimum atomic E-state index is 0. The van der Waals surface area contributed by atoms with E-state index in [2.05, 4.69) is 46.2 Å². The molecule has 2 heterocycles. The Bertz CT molecular complexity index is 791. The fraction of sp³-hybridized carbons (Fsp3) is 0.391. The lowest BCUT2D eigenvalue weighted by Gasteiger charge is -2.33. The molecule has 1 fully saturated rings. The first kappa shape index (κ1) is 24.0. The number of para-hydroxylation sites is 1. The van der Waals surface area contributed by atoms with Gasteiger partial charge >= 0.3 is 0 Å². The molecule has 1 aliphatic rings. The third-order valence-electron chi connectivity index (χ3n) is 4.89. The van der Waals surface area contributed by atoms with E-state index in [1.807, 2.05) is 36.5 Å². The van der Waals surface area contributed by atoms with Gasteiger partial charge in [-0.1, -0.05) is 36.9 Å². The summed E-state index contributed by atoms with van der Waals surface area (Å²) in [5.41, 5.74) is 1.07. The van der Waals surface area contributed by atoms with E-state index in [1.54, 1.807) is 6.08 Å². The van der Waals surface area contributed by atoms with Gasteiger partial charge in [-0.05, 0) is 38.0 Å². The SMILES string of the molecule is C=CCOc1ccccc1CN=C(NCC)NC1CCN(c2ccccn2)CC1.I.